The van der Waals surface area contributed by atoms with Crippen LogP contribution < -0.4 is 10.6 Å². The number of rotatable bonds is 7. The van der Waals surface area contributed by atoms with Crippen LogP contribution in [0.4, 0.5) is 0 Å². The summed E-state index contributed by atoms with van der Waals surface area (Å²) in [6.07, 6.45) is 10.5. The Morgan fingerprint density at radius 2 is 2.15 bits per heavy atom. The Kier molecular flexibility index (Phi) is 6.71. The Labute approximate surface area is 155 Å². The molecule has 0 aliphatic carbocycles. The number of hydrogen-bond donors (Lipinski definition) is 2. The maximum absolute atomic E-state index is 5.70. The summed E-state index contributed by atoms with van der Waals surface area (Å²) in [5.74, 6) is 1.84. The summed E-state index contributed by atoms with van der Waals surface area (Å²) in [6, 6.07) is 4.27. The predicted molar refractivity (Wildman–Crippen MR) is 103 cm³/mol. The lowest BCUT2D eigenvalue weighted by molar-refractivity contribution is 0.146. The van der Waals surface area contributed by atoms with Crippen molar-refractivity contribution in [3.63, 3.8) is 0 Å². The number of hydrogen-bond acceptors (Lipinski definition) is 4. The van der Waals surface area contributed by atoms with E-state index in [0.717, 1.165) is 44.3 Å². The zero-order valence-corrected chi connectivity index (χ0v) is 15.8. The number of guanidine groups is 1. The first-order valence-electron chi connectivity index (χ1n) is 9.46. The van der Waals surface area contributed by atoms with E-state index in [4.69, 9.17) is 4.42 Å². The molecule has 3 heterocycles. The number of aryl methyl sites for hydroxylation is 1. The maximum Gasteiger partial charge on any atom is 0.191 e. The third-order valence-corrected chi connectivity index (χ3v) is 4.85. The summed E-state index contributed by atoms with van der Waals surface area (Å²) < 4.78 is 7.53. The predicted octanol–water partition coefficient (Wildman–Crippen LogP) is 1.95. The van der Waals surface area contributed by atoms with Crippen molar-refractivity contribution in [1.82, 2.24) is 25.3 Å². The van der Waals surface area contributed by atoms with Crippen molar-refractivity contribution in [3.8, 4) is 0 Å². The Balaban J connectivity index is 1.51. The molecule has 0 aromatic carbocycles. The molecule has 0 spiro atoms. The Hall–Kier alpha value is -2.28. The highest BCUT2D eigenvalue weighted by Crippen LogP contribution is 2.24. The second-order valence-electron chi connectivity index (χ2n) is 6.78. The van der Waals surface area contributed by atoms with Gasteiger partial charge in [0.1, 0.15) is 5.76 Å². The van der Waals surface area contributed by atoms with E-state index in [1.54, 1.807) is 6.26 Å². The highest BCUT2D eigenvalue weighted by molar-refractivity contribution is 5.79. The fraction of sp³-hybridized carbons (Fsp3) is 0.579. The van der Waals surface area contributed by atoms with Crippen LogP contribution in [0.2, 0.25) is 0 Å². The molecule has 1 atom stereocenters. The number of likely N-dealkylation sites (tertiary alicyclic amines) is 1. The van der Waals surface area contributed by atoms with Gasteiger partial charge in [-0.3, -0.25) is 14.6 Å². The highest BCUT2D eigenvalue weighted by atomic mass is 16.3. The molecule has 142 valence electrons. The molecule has 2 aromatic rings. The van der Waals surface area contributed by atoms with E-state index in [1.807, 2.05) is 37.2 Å². The number of furan rings is 1. The first kappa shape index (κ1) is 18.5. The number of aromatic nitrogens is 2. The van der Waals surface area contributed by atoms with Crippen LogP contribution in [-0.2, 0) is 13.5 Å². The van der Waals surface area contributed by atoms with E-state index in [0.29, 0.717) is 0 Å². The lowest BCUT2D eigenvalue weighted by Gasteiger charge is -2.33. The summed E-state index contributed by atoms with van der Waals surface area (Å²) in [5.41, 5.74) is 1.22. The molecule has 2 N–H and O–H groups in total. The van der Waals surface area contributed by atoms with Gasteiger partial charge in [0.15, 0.2) is 5.96 Å². The number of nitrogens with one attached hydrogen (secondary N) is 2. The van der Waals surface area contributed by atoms with E-state index >= 15 is 0 Å². The van der Waals surface area contributed by atoms with Crippen molar-refractivity contribution in [1.29, 1.82) is 0 Å². The average molecular weight is 358 g/mol. The molecule has 0 radical (unpaired) electrons. The van der Waals surface area contributed by atoms with Gasteiger partial charge in [-0.1, -0.05) is 6.42 Å². The standard InChI is InChI=1S/C19H30N6O/c1-20-19(21-9-8-16-13-23-24(2)15-16)22-14-17(18-7-6-12-26-18)25-10-4-3-5-11-25/h6-7,12-13,15,17H,3-5,8-11,14H2,1-2H3,(H2,20,21,22). The molecule has 0 saturated carbocycles. The lowest BCUT2D eigenvalue weighted by Crippen LogP contribution is -2.44. The van der Waals surface area contributed by atoms with Gasteiger partial charge in [0, 0.05) is 33.4 Å². The third-order valence-electron chi connectivity index (χ3n) is 4.85. The van der Waals surface area contributed by atoms with Crippen molar-refractivity contribution in [2.24, 2.45) is 12.0 Å². The second kappa shape index (κ2) is 9.43. The zero-order chi connectivity index (χ0) is 18.2. The summed E-state index contributed by atoms with van der Waals surface area (Å²) in [7, 11) is 3.75. The Morgan fingerprint density at radius 1 is 1.31 bits per heavy atom. The normalized spacial score (nSPS) is 17.2. The van der Waals surface area contributed by atoms with Gasteiger partial charge in [-0.15, -0.1) is 0 Å². The highest BCUT2D eigenvalue weighted by Gasteiger charge is 2.24. The number of piperidine rings is 1. The Morgan fingerprint density at radius 3 is 2.81 bits per heavy atom. The van der Waals surface area contributed by atoms with E-state index in [-0.39, 0.29) is 6.04 Å². The summed E-state index contributed by atoms with van der Waals surface area (Å²) in [4.78, 5) is 6.86. The fourth-order valence-corrected chi connectivity index (χ4v) is 3.46. The van der Waals surface area contributed by atoms with Crippen LogP contribution >= 0.6 is 0 Å². The average Bonchev–Trinajstić information content (AvgIpc) is 3.33. The Bertz CT molecular complexity index is 672. The molecule has 3 rings (SSSR count). The van der Waals surface area contributed by atoms with Crippen molar-refractivity contribution in [3.05, 3.63) is 42.1 Å². The van der Waals surface area contributed by atoms with Gasteiger partial charge < -0.3 is 15.1 Å². The largest absolute Gasteiger partial charge is 0.468 e. The van der Waals surface area contributed by atoms with E-state index in [9.17, 15) is 0 Å². The topological polar surface area (TPSA) is 70.6 Å². The van der Waals surface area contributed by atoms with Crippen LogP contribution in [0.1, 0.15) is 36.6 Å². The minimum absolute atomic E-state index is 0.238. The molecular formula is C19H30N6O. The monoisotopic (exact) mass is 358 g/mol. The maximum atomic E-state index is 5.70. The quantitative estimate of drug-likeness (QED) is 0.585. The summed E-state index contributed by atoms with van der Waals surface area (Å²) in [6.45, 7) is 3.85. The van der Waals surface area contributed by atoms with E-state index in [2.05, 4.69) is 31.7 Å². The molecule has 7 heteroatoms. The molecule has 1 aliphatic rings. The van der Waals surface area contributed by atoms with Gasteiger partial charge in [-0.2, -0.15) is 5.10 Å². The van der Waals surface area contributed by atoms with Gasteiger partial charge in [0.05, 0.1) is 18.5 Å². The lowest BCUT2D eigenvalue weighted by atomic mass is 10.1. The van der Waals surface area contributed by atoms with Crippen LogP contribution in [-0.4, -0.2) is 53.9 Å². The second-order valence-corrected chi connectivity index (χ2v) is 6.78. The summed E-state index contributed by atoms with van der Waals surface area (Å²) >= 11 is 0. The molecule has 7 nitrogen and oxygen atoms in total. The van der Waals surface area contributed by atoms with Crippen molar-refractivity contribution < 1.29 is 4.42 Å². The van der Waals surface area contributed by atoms with E-state index in [1.165, 1.54) is 24.8 Å². The van der Waals surface area contributed by atoms with Gasteiger partial charge in [-0.25, -0.2) is 0 Å². The summed E-state index contributed by atoms with van der Waals surface area (Å²) in [5, 5.41) is 11.0. The van der Waals surface area contributed by atoms with Gasteiger partial charge in [0.2, 0.25) is 0 Å². The van der Waals surface area contributed by atoms with Crippen LogP contribution in [0, 0.1) is 0 Å². The van der Waals surface area contributed by atoms with Gasteiger partial charge in [-0.05, 0) is 50.0 Å². The molecule has 26 heavy (non-hydrogen) atoms. The van der Waals surface area contributed by atoms with Crippen molar-refractivity contribution in [2.75, 3.05) is 33.2 Å². The first-order valence-corrected chi connectivity index (χ1v) is 9.46. The third kappa shape index (κ3) is 5.11. The molecule has 2 aromatic heterocycles. The van der Waals surface area contributed by atoms with Crippen LogP contribution in [0.3, 0.4) is 0 Å². The van der Waals surface area contributed by atoms with Gasteiger partial charge in [0.25, 0.3) is 0 Å². The molecule has 0 amide bonds. The van der Waals surface area contributed by atoms with Crippen molar-refractivity contribution >= 4 is 5.96 Å². The molecule has 1 fully saturated rings. The number of aliphatic imine (C=N–C) groups is 1. The van der Waals surface area contributed by atoms with Gasteiger partial charge >= 0.3 is 0 Å². The van der Waals surface area contributed by atoms with Crippen LogP contribution in [0.15, 0.2) is 40.2 Å². The minimum atomic E-state index is 0.238. The SMILES string of the molecule is CN=C(NCCc1cnn(C)c1)NCC(c1ccco1)N1CCCCC1. The minimum Gasteiger partial charge on any atom is -0.468 e. The smallest absolute Gasteiger partial charge is 0.191 e. The molecule has 0 bridgehead atoms. The van der Waals surface area contributed by atoms with Crippen LogP contribution in [0.5, 0.6) is 0 Å². The van der Waals surface area contributed by atoms with Crippen LogP contribution in [0.25, 0.3) is 0 Å². The molecule has 1 saturated heterocycles. The molecule has 1 aliphatic heterocycles. The number of nitrogens with zero attached hydrogens (tertiary/aromatic N) is 4. The fourth-order valence-electron chi connectivity index (χ4n) is 3.46. The van der Waals surface area contributed by atoms with E-state index < -0.39 is 0 Å². The molecule has 1 unspecified atom stereocenters. The molecular weight excluding hydrogens is 328 g/mol. The zero-order valence-electron chi connectivity index (χ0n) is 15.8. The van der Waals surface area contributed by atoms with Crippen molar-refractivity contribution in [2.45, 2.75) is 31.7 Å². The first-order chi connectivity index (χ1) is 12.8.